The van der Waals surface area contributed by atoms with Gasteiger partial charge < -0.3 is 25.3 Å². The van der Waals surface area contributed by atoms with E-state index >= 15 is 0 Å². The number of nitrogens with two attached hydrogens (primary N) is 1. The lowest BCUT2D eigenvalue weighted by atomic mass is 10.2. The van der Waals surface area contributed by atoms with Crippen molar-refractivity contribution < 1.29 is 32.2 Å². The molecule has 1 fully saturated rings. The Morgan fingerprint density at radius 1 is 1.13 bits per heavy atom. The summed E-state index contributed by atoms with van der Waals surface area (Å²) in [7, 11) is -2.44. The molecule has 1 saturated heterocycles. The molecular weight excluding hydrogens is 426 g/mol. The van der Waals surface area contributed by atoms with Gasteiger partial charge in [0.05, 0.1) is 20.3 Å². The quantitative estimate of drug-likeness (QED) is 0.609. The predicted octanol–water partition coefficient (Wildman–Crippen LogP) is 0.833. The molecule has 10 nitrogen and oxygen atoms in total. The van der Waals surface area contributed by atoms with Gasteiger partial charge in [0, 0.05) is 24.3 Å². The van der Waals surface area contributed by atoms with Crippen molar-refractivity contribution in [3.63, 3.8) is 0 Å². The molecular formula is C20H23N3O7S. The molecule has 11 heteroatoms. The van der Waals surface area contributed by atoms with E-state index in [1.165, 1.54) is 53.9 Å². The third-order valence-corrected chi connectivity index (χ3v) is 6.46. The first kappa shape index (κ1) is 22.5. The number of amides is 2. The minimum atomic E-state index is -3.82. The summed E-state index contributed by atoms with van der Waals surface area (Å²) in [5.74, 6) is -0.494. The number of ether oxygens (including phenoxy) is 3. The van der Waals surface area contributed by atoms with Crippen molar-refractivity contribution in [1.82, 2.24) is 4.31 Å². The first-order chi connectivity index (χ1) is 14.8. The minimum Gasteiger partial charge on any atom is -0.495 e. The SMILES string of the molecule is COc1ccc(NC(=O)COc2ccc(C(N)=O)cc2)cc1S(=O)(=O)N1CCOCC1. The van der Waals surface area contributed by atoms with Gasteiger partial charge in [-0.1, -0.05) is 0 Å². The summed E-state index contributed by atoms with van der Waals surface area (Å²) in [5, 5.41) is 2.61. The number of hydrogen-bond acceptors (Lipinski definition) is 7. The van der Waals surface area contributed by atoms with Crippen LogP contribution in [0.1, 0.15) is 10.4 Å². The number of methoxy groups -OCH3 is 1. The molecule has 1 aliphatic rings. The van der Waals surface area contributed by atoms with Crippen LogP contribution in [0.2, 0.25) is 0 Å². The summed E-state index contributed by atoms with van der Waals surface area (Å²) in [5.41, 5.74) is 5.78. The molecule has 31 heavy (non-hydrogen) atoms. The molecule has 3 N–H and O–H groups in total. The fraction of sp³-hybridized carbons (Fsp3) is 0.300. The minimum absolute atomic E-state index is 0.0438. The van der Waals surface area contributed by atoms with Crippen molar-refractivity contribution in [1.29, 1.82) is 0 Å². The fourth-order valence-corrected chi connectivity index (χ4v) is 4.53. The van der Waals surface area contributed by atoms with Gasteiger partial charge in [-0.25, -0.2) is 8.42 Å². The molecule has 0 spiro atoms. The van der Waals surface area contributed by atoms with Crippen LogP contribution < -0.4 is 20.5 Å². The van der Waals surface area contributed by atoms with Gasteiger partial charge in [-0.15, -0.1) is 0 Å². The lowest BCUT2D eigenvalue weighted by molar-refractivity contribution is -0.118. The summed E-state index contributed by atoms with van der Waals surface area (Å²) in [6.45, 7) is 0.799. The zero-order valence-corrected chi connectivity index (χ0v) is 17.7. The lowest BCUT2D eigenvalue weighted by Crippen LogP contribution is -2.40. The zero-order chi connectivity index (χ0) is 22.4. The van der Waals surface area contributed by atoms with Crippen molar-refractivity contribution in [3.05, 3.63) is 48.0 Å². The Labute approximate surface area is 179 Å². The van der Waals surface area contributed by atoms with E-state index < -0.39 is 21.8 Å². The van der Waals surface area contributed by atoms with Gasteiger partial charge in [-0.2, -0.15) is 4.31 Å². The molecule has 0 atom stereocenters. The Bertz CT molecular complexity index is 1050. The van der Waals surface area contributed by atoms with Crippen LogP contribution in [0.3, 0.4) is 0 Å². The number of hydrogen-bond donors (Lipinski definition) is 2. The highest BCUT2D eigenvalue weighted by atomic mass is 32.2. The summed E-state index contributed by atoms with van der Waals surface area (Å²) in [6, 6.07) is 10.4. The van der Waals surface area contributed by atoms with Gasteiger partial charge in [0.2, 0.25) is 15.9 Å². The number of benzene rings is 2. The number of carbonyl (C=O) groups excluding carboxylic acids is 2. The van der Waals surface area contributed by atoms with E-state index in [-0.39, 0.29) is 36.0 Å². The molecule has 2 aromatic rings. The van der Waals surface area contributed by atoms with E-state index in [0.717, 1.165) is 0 Å². The second kappa shape index (κ2) is 9.77. The van der Waals surface area contributed by atoms with Crippen LogP contribution in [0.5, 0.6) is 11.5 Å². The number of anilines is 1. The topological polar surface area (TPSA) is 137 Å². The third kappa shape index (κ3) is 5.51. The van der Waals surface area contributed by atoms with Gasteiger partial charge in [0.15, 0.2) is 6.61 Å². The zero-order valence-electron chi connectivity index (χ0n) is 16.9. The molecule has 1 heterocycles. The van der Waals surface area contributed by atoms with E-state index in [2.05, 4.69) is 5.32 Å². The molecule has 0 radical (unpaired) electrons. The van der Waals surface area contributed by atoms with Crippen LogP contribution in [0, 0.1) is 0 Å². The Morgan fingerprint density at radius 2 is 1.81 bits per heavy atom. The van der Waals surface area contributed by atoms with Crippen molar-refractivity contribution in [2.75, 3.05) is 45.3 Å². The highest BCUT2D eigenvalue weighted by Gasteiger charge is 2.29. The maximum atomic E-state index is 13.0. The van der Waals surface area contributed by atoms with Gasteiger partial charge in [-0.3, -0.25) is 9.59 Å². The van der Waals surface area contributed by atoms with Crippen molar-refractivity contribution in [2.45, 2.75) is 4.90 Å². The monoisotopic (exact) mass is 449 g/mol. The number of nitrogens with one attached hydrogen (secondary N) is 1. The molecule has 0 unspecified atom stereocenters. The standard InChI is InChI=1S/C20H23N3O7S/c1-28-17-7-4-15(12-18(17)31(26,27)23-8-10-29-11-9-23)22-19(24)13-30-16-5-2-14(3-6-16)20(21)25/h2-7,12H,8-11,13H2,1H3,(H2,21,25)(H,22,24). The van der Waals surface area contributed by atoms with E-state index in [4.69, 9.17) is 19.9 Å². The van der Waals surface area contributed by atoms with Gasteiger partial charge in [-0.05, 0) is 42.5 Å². The van der Waals surface area contributed by atoms with Crippen molar-refractivity contribution in [3.8, 4) is 11.5 Å². The number of rotatable bonds is 8. The average molecular weight is 449 g/mol. The first-order valence-electron chi connectivity index (χ1n) is 9.39. The highest BCUT2D eigenvalue weighted by molar-refractivity contribution is 7.89. The van der Waals surface area contributed by atoms with Crippen LogP contribution in [0.25, 0.3) is 0 Å². The van der Waals surface area contributed by atoms with Gasteiger partial charge in [0.1, 0.15) is 16.4 Å². The summed E-state index contributed by atoms with van der Waals surface area (Å²) in [4.78, 5) is 23.3. The van der Waals surface area contributed by atoms with E-state index in [0.29, 0.717) is 24.5 Å². The average Bonchev–Trinajstić information content (AvgIpc) is 2.78. The number of morpholine rings is 1. The predicted molar refractivity (Wildman–Crippen MR) is 112 cm³/mol. The number of primary amides is 1. The molecule has 166 valence electrons. The number of nitrogens with zero attached hydrogens (tertiary/aromatic N) is 1. The Kier molecular flexibility index (Phi) is 7.10. The molecule has 0 bridgehead atoms. The summed E-state index contributed by atoms with van der Waals surface area (Å²) >= 11 is 0. The second-order valence-corrected chi connectivity index (χ2v) is 8.51. The molecule has 0 aliphatic carbocycles. The molecule has 2 aromatic carbocycles. The molecule has 1 aliphatic heterocycles. The van der Waals surface area contributed by atoms with Crippen LogP contribution in [0.4, 0.5) is 5.69 Å². The number of carbonyl (C=O) groups is 2. The third-order valence-electron chi connectivity index (χ3n) is 4.54. The van der Waals surface area contributed by atoms with Crippen molar-refractivity contribution >= 4 is 27.5 Å². The van der Waals surface area contributed by atoms with Crippen LogP contribution in [-0.4, -0.2) is 64.6 Å². The smallest absolute Gasteiger partial charge is 0.262 e. The summed E-state index contributed by atoms with van der Waals surface area (Å²) < 4.78 is 43.1. The molecule has 0 saturated carbocycles. The lowest BCUT2D eigenvalue weighted by Gasteiger charge is -2.26. The van der Waals surface area contributed by atoms with Gasteiger partial charge in [0.25, 0.3) is 5.91 Å². The van der Waals surface area contributed by atoms with Crippen LogP contribution in [-0.2, 0) is 19.6 Å². The maximum absolute atomic E-state index is 13.0. The van der Waals surface area contributed by atoms with E-state index in [1.807, 2.05) is 0 Å². The molecule has 0 aromatic heterocycles. The summed E-state index contributed by atoms with van der Waals surface area (Å²) in [6.07, 6.45) is 0. The molecule has 2 amide bonds. The number of sulfonamides is 1. The first-order valence-corrected chi connectivity index (χ1v) is 10.8. The Balaban J connectivity index is 1.69. The maximum Gasteiger partial charge on any atom is 0.262 e. The normalized spacial score (nSPS) is 14.6. The van der Waals surface area contributed by atoms with Crippen LogP contribution in [0.15, 0.2) is 47.4 Å². The van der Waals surface area contributed by atoms with E-state index in [9.17, 15) is 18.0 Å². The Morgan fingerprint density at radius 3 is 2.42 bits per heavy atom. The largest absolute Gasteiger partial charge is 0.495 e. The molecule has 3 rings (SSSR count). The van der Waals surface area contributed by atoms with Gasteiger partial charge >= 0.3 is 0 Å². The fourth-order valence-electron chi connectivity index (χ4n) is 2.94. The highest BCUT2D eigenvalue weighted by Crippen LogP contribution is 2.30. The van der Waals surface area contributed by atoms with Crippen LogP contribution >= 0.6 is 0 Å². The Hall–Kier alpha value is -3.15. The van der Waals surface area contributed by atoms with Crippen molar-refractivity contribution in [2.24, 2.45) is 5.73 Å². The second-order valence-electron chi connectivity index (χ2n) is 6.61. The van der Waals surface area contributed by atoms with E-state index in [1.54, 1.807) is 0 Å².